The van der Waals surface area contributed by atoms with Crippen LogP contribution in [0.2, 0.25) is 0 Å². The first kappa shape index (κ1) is 13.4. The van der Waals surface area contributed by atoms with E-state index < -0.39 is 6.10 Å². The van der Waals surface area contributed by atoms with Crippen molar-refractivity contribution in [1.29, 1.82) is 0 Å². The average molecular weight is 257 g/mol. The predicted octanol–water partition coefficient (Wildman–Crippen LogP) is 2.92. The molecule has 0 saturated heterocycles. The average Bonchev–Trinajstić information content (AvgIpc) is 2.46. The monoisotopic (exact) mass is 257 g/mol. The number of rotatable bonds is 4. The van der Waals surface area contributed by atoms with E-state index >= 15 is 0 Å². The molecule has 0 aliphatic carbocycles. The van der Waals surface area contributed by atoms with Crippen LogP contribution in [0.5, 0.6) is 5.75 Å². The van der Waals surface area contributed by atoms with Gasteiger partial charge in [0.05, 0.1) is 12.8 Å². The SMILES string of the molecule is CCc1ccc([C@H](O)c2ccc(OC)c(N)c2)cc1. The maximum Gasteiger partial charge on any atom is 0.141 e. The second-order valence-corrected chi connectivity index (χ2v) is 4.50. The summed E-state index contributed by atoms with van der Waals surface area (Å²) in [5.41, 5.74) is 9.27. The normalized spacial score (nSPS) is 12.2. The third kappa shape index (κ3) is 2.88. The van der Waals surface area contributed by atoms with Crippen LogP contribution in [0.1, 0.15) is 29.7 Å². The second kappa shape index (κ2) is 5.76. The van der Waals surface area contributed by atoms with Gasteiger partial charge in [0.2, 0.25) is 0 Å². The van der Waals surface area contributed by atoms with E-state index in [2.05, 4.69) is 6.92 Å². The summed E-state index contributed by atoms with van der Waals surface area (Å²) in [7, 11) is 1.57. The Morgan fingerprint density at radius 1 is 1.11 bits per heavy atom. The molecular formula is C16H19NO2. The first-order valence-electron chi connectivity index (χ1n) is 6.36. The van der Waals surface area contributed by atoms with Crippen molar-refractivity contribution in [3.63, 3.8) is 0 Å². The van der Waals surface area contributed by atoms with Crippen LogP contribution >= 0.6 is 0 Å². The fraction of sp³-hybridized carbons (Fsp3) is 0.250. The highest BCUT2D eigenvalue weighted by atomic mass is 16.5. The molecule has 0 fully saturated rings. The minimum Gasteiger partial charge on any atom is -0.495 e. The minimum absolute atomic E-state index is 0.532. The lowest BCUT2D eigenvalue weighted by Gasteiger charge is -2.14. The van der Waals surface area contributed by atoms with Crippen LogP contribution in [0.25, 0.3) is 0 Å². The number of methoxy groups -OCH3 is 1. The highest BCUT2D eigenvalue weighted by molar-refractivity contribution is 5.55. The molecule has 0 aliphatic heterocycles. The Labute approximate surface area is 113 Å². The van der Waals surface area contributed by atoms with Crippen LogP contribution in [0.3, 0.4) is 0 Å². The molecule has 0 aromatic heterocycles. The van der Waals surface area contributed by atoms with Gasteiger partial charge in [-0.3, -0.25) is 0 Å². The van der Waals surface area contributed by atoms with Crippen LogP contribution in [-0.4, -0.2) is 12.2 Å². The van der Waals surface area contributed by atoms with Crippen LogP contribution < -0.4 is 10.5 Å². The van der Waals surface area contributed by atoms with Gasteiger partial charge in [0.15, 0.2) is 0 Å². The van der Waals surface area contributed by atoms with Crippen molar-refractivity contribution < 1.29 is 9.84 Å². The lowest BCUT2D eigenvalue weighted by atomic mass is 9.99. The molecule has 1 atom stereocenters. The Bertz CT molecular complexity index is 549. The van der Waals surface area contributed by atoms with Gasteiger partial charge in [0, 0.05) is 0 Å². The minimum atomic E-state index is -0.667. The molecule has 2 aromatic carbocycles. The van der Waals surface area contributed by atoms with E-state index in [4.69, 9.17) is 10.5 Å². The summed E-state index contributed by atoms with van der Waals surface area (Å²) in [4.78, 5) is 0. The summed E-state index contributed by atoms with van der Waals surface area (Å²) >= 11 is 0. The number of hydrogen-bond donors (Lipinski definition) is 2. The van der Waals surface area contributed by atoms with Crippen molar-refractivity contribution in [3.05, 3.63) is 59.2 Å². The molecule has 2 rings (SSSR count). The van der Waals surface area contributed by atoms with Crippen molar-refractivity contribution in [2.24, 2.45) is 0 Å². The van der Waals surface area contributed by atoms with Gasteiger partial charge in [-0.15, -0.1) is 0 Å². The van der Waals surface area contributed by atoms with Crippen molar-refractivity contribution in [2.75, 3.05) is 12.8 Å². The van der Waals surface area contributed by atoms with Crippen molar-refractivity contribution >= 4 is 5.69 Å². The predicted molar refractivity (Wildman–Crippen MR) is 77.3 cm³/mol. The molecule has 19 heavy (non-hydrogen) atoms. The molecule has 0 spiro atoms. The molecule has 3 nitrogen and oxygen atoms in total. The fourth-order valence-corrected chi connectivity index (χ4v) is 2.05. The first-order chi connectivity index (χ1) is 9.15. The van der Waals surface area contributed by atoms with Crippen LogP contribution in [0.4, 0.5) is 5.69 Å². The van der Waals surface area contributed by atoms with Gasteiger partial charge in [-0.05, 0) is 35.2 Å². The summed E-state index contributed by atoms with van der Waals surface area (Å²) in [5, 5.41) is 10.3. The van der Waals surface area contributed by atoms with Crippen molar-refractivity contribution in [2.45, 2.75) is 19.4 Å². The quantitative estimate of drug-likeness (QED) is 0.828. The van der Waals surface area contributed by atoms with Gasteiger partial charge in [-0.2, -0.15) is 0 Å². The van der Waals surface area contributed by atoms with E-state index in [0.717, 1.165) is 17.5 Å². The molecule has 0 aliphatic rings. The maximum absolute atomic E-state index is 10.3. The number of aryl methyl sites for hydroxylation is 1. The fourth-order valence-electron chi connectivity index (χ4n) is 2.05. The summed E-state index contributed by atoms with van der Waals surface area (Å²) in [6.07, 6.45) is 0.324. The number of nitrogens with two attached hydrogens (primary N) is 1. The van der Waals surface area contributed by atoms with E-state index in [1.165, 1.54) is 5.56 Å². The van der Waals surface area contributed by atoms with Gasteiger partial charge in [0.25, 0.3) is 0 Å². The summed E-state index contributed by atoms with van der Waals surface area (Å²) in [6, 6.07) is 13.3. The highest BCUT2D eigenvalue weighted by Gasteiger charge is 2.12. The third-order valence-electron chi connectivity index (χ3n) is 3.27. The molecule has 3 heteroatoms. The number of hydrogen-bond acceptors (Lipinski definition) is 3. The van der Waals surface area contributed by atoms with Gasteiger partial charge in [0.1, 0.15) is 11.9 Å². The third-order valence-corrected chi connectivity index (χ3v) is 3.27. The van der Waals surface area contributed by atoms with Crippen LogP contribution in [0.15, 0.2) is 42.5 Å². The number of anilines is 1. The number of ether oxygens (including phenoxy) is 1. The molecular weight excluding hydrogens is 238 g/mol. The van der Waals surface area contributed by atoms with Crippen molar-refractivity contribution in [1.82, 2.24) is 0 Å². The van der Waals surface area contributed by atoms with E-state index in [1.807, 2.05) is 30.3 Å². The lowest BCUT2D eigenvalue weighted by Crippen LogP contribution is -2.02. The van der Waals surface area contributed by atoms with Crippen LogP contribution in [0, 0.1) is 0 Å². The largest absolute Gasteiger partial charge is 0.495 e. The van der Waals surface area contributed by atoms with E-state index in [1.54, 1.807) is 19.2 Å². The lowest BCUT2D eigenvalue weighted by molar-refractivity contribution is 0.220. The van der Waals surface area contributed by atoms with Gasteiger partial charge in [-0.25, -0.2) is 0 Å². The van der Waals surface area contributed by atoms with Crippen LogP contribution in [-0.2, 0) is 6.42 Å². The molecule has 3 N–H and O–H groups in total. The van der Waals surface area contributed by atoms with E-state index in [9.17, 15) is 5.11 Å². The topological polar surface area (TPSA) is 55.5 Å². The zero-order valence-corrected chi connectivity index (χ0v) is 11.3. The number of benzene rings is 2. The molecule has 0 amide bonds. The van der Waals surface area contributed by atoms with Gasteiger partial charge in [-0.1, -0.05) is 37.3 Å². The Hall–Kier alpha value is -2.00. The molecule has 0 saturated carbocycles. The summed E-state index contributed by atoms with van der Waals surface area (Å²) in [6.45, 7) is 2.11. The summed E-state index contributed by atoms with van der Waals surface area (Å²) < 4.78 is 5.11. The molecule has 0 bridgehead atoms. The Morgan fingerprint density at radius 3 is 2.26 bits per heavy atom. The van der Waals surface area contributed by atoms with E-state index in [-0.39, 0.29) is 0 Å². The Kier molecular flexibility index (Phi) is 4.07. The number of aliphatic hydroxyl groups excluding tert-OH is 1. The standard InChI is InChI=1S/C16H19NO2/c1-3-11-4-6-12(7-5-11)16(18)13-8-9-15(19-2)14(17)10-13/h4-10,16,18H,3,17H2,1-2H3/t16-/m0/s1. The van der Waals surface area contributed by atoms with E-state index in [0.29, 0.717) is 11.4 Å². The smallest absolute Gasteiger partial charge is 0.141 e. The summed E-state index contributed by atoms with van der Waals surface area (Å²) in [5.74, 6) is 0.622. The zero-order valence-electron chi connectivity index (χ0n) is 11.3. The Morgan fingerprint density at radius 2 is 1.74 bits per heavy atom. The maximum atomic E-state index is 10.3. The van der Waals surface area contributed by atoms with Crippen molar-refractivity contribution in [3.8, 4) is 5.75 Å². The molecule has 0 unspecified atom stereocenters. The highest BCUT2D eigenvalue weighted by Crippen LogP contribution is 2.28. The van der Waals surface area contributed by atoms with Gasteiger partial charge < -0.3 is 15.6 Å². The molecule has 0 radical (unpaired) electrons. The number of nitrogen functional groups attached to an aromatic ring is 1. The number of aliphatic hydroxyl groups is 1. The second-order valence-electron chi connectivity index (χ2n) is 4.50. The van der Waals surface area contributed by atoms with Gasteiger partial charge >= 0.3 is 0 Å². The zero-order chi connectivity index (χ0) is 13.8. The molecule has 2 aromatic rings. The molecule has 100 valence electrons. The Balaban J connectivity index is 2.27. The first-order valence-corrected chi connectivity index (χ1v) is 6.36. The molecule has 0 heterocycles.